The molecule has 0 bridgehead atoms. The Labute approximate surface area is 115 Å². The summed E-state index contributed by atoms with van der Waals surface area (Å²) < 4.78 is 5.04. The van der Waals surface area contributed by atoms with Gasteiger partial charge in [-0.05, 0) is 30.5 Å². The van der Waals surface area contributed by atoms with Gasteiger partial charge in [0.2, 0.25) is 0 Å². The monoisotopic (exact) mass is 278 g/mol. The molecule has 2 nitrogen and oxygen atoms in total. The van der Waals surface area contributed by atoms with Gasteiger partial charge in [0.1, 0.15) is 0 Å². The third-order valence-electron chi connectivity index (χ3n) is 2.35. The van der Waals surface area contributed by atoms with E-state index in [0.29, 0.717) is 12.2 Å². The minimum absolute atomic E-state index is 0.220. The smallest absolute Gasteiger partial charge is 0.339 e. The highest BCUT2D eigenvalue weighted by Crippen LogP contribution is 2.27. The normalized spacial score (nSPS) is 10.3. The summed E-state index contributed by atoms with van der Waals surface area (Å²) in [7, 11) is 0. The molecule has 0 radical (unpaired) electrons. The molecule has 1 aromatic carbocycles. The average molecular weight is 278 g/mol. The largest absolute Gasteiger partial charge is 0.462 e. The van der Waals surface area contributed by atoms with Crippen molar-refractivity contribution in [1.29, 1.82) is 0 Å². The predicted octanol–water partition coefficient (Wildman–Crippen LogP) is 4.22. The van der Waals surface area contributed by atoms with Crippen molar-refractivity contribution < 1.29 is 9.53 Å². The molecule has 0 N–H and O–H groups in total. The van der Waals surface area contributed by atoms with Gasteiger partial charge in [0.25, 0.3) is 0 Å². The number of carbonyl (C=O) groups excluding carboxylic acids is 1. The topological polar surface area (TPSA) is 26.3 Å². The van der Waals surface area contributed by atoms with E-state index >= 15 is 0 Å². The molecule has 0 spiro atoms. The third kappa shape index (κ3) is 3.37. The molecule has 94 valence electrons. The minimum atomic E-state index is -0.220. The zero-order chi connectivity index (χ0) is 12.8. The number of ether oxygens (including phenoxy) is 1. The van der Waals surface area contributed by atoms with Crippen molar-refractivity contribution in [2.75, 3.05) is 6.61 Å². The lowest BCUT2D eigenvalue weighted by atomic mass is 10.3. The molecule has 0 saturated carbocycles. The number of thiophene rings is 1. The van der Waals surface area contributed by atoms with E-state index in [-0.39, 0.29) is 5.97 Å². The third-order valence-corrected chi connectivity index (χ3v) is 4.50. The fourth-order valence-electron chi connectivity index (χ4n) is 1.51. The van der Waals surface area contributed by atoms with E-state index in [1.165, 1.54) is 4.90 Å². The SMILES string of the molecule is CCOC(=O)c1ccsc1CSc1ccccc1. The number of thioether (sulfide) groups is 1. The Kier molecular flexibility index (Phi) is 4.84. The molecule has 18 heavy (non-hydrogen) atoms. The van der Waals surface area contributed by atoms with Crippen molar-refractivity contribution in [1.82, 2.24) is 0 Å². The lowest BCUT2D eigenvalue weighted by molar-refractivity contribution is 0.0526. The van der Waals surface area contributed by atoms with E-state index in [2.05, 4.69) is 12.1 Å². The summed E-state index contributed by atoms with van der Waals surface area (Å²) in [4.78, 5) is 14.0. The summed E-state index contributed by atoms with van der Waals surface area (Å²) in [6, 6.07) is 12.0. The van der Waals surface area contributed by atoms with Gasteiger partial charge in [-0.25, -0.2) is 4.79 Å². The maximum Gasteiger partial charge on any atom is 0.339 e. The van der Waals surface area contributed by atoms with Crippen LogP contribution in [0.25, 0.3) is 0 Å². The summed E-state index contributed by atoms with van der Waals surface area (Å²) in [5.41, 5.74) is 0.699. The lowest BCUT2D eigenvalue weighted by Gasteiger charge is -2.03. The van der Waals surface area contributed by atoms with Crippen LogP contribution in [0.4, 0.5) is 0 Å². The number of esters is 1. The van der Waals surface area contributed by atoms with Crippen molar-refractivity contribution >= 4 is 29.1 Å². The van der Waals surface area contributed by atoms with Gasteiger partial charge in [0.15, 0.2) is 0 Å². The second-order valence-electron chi connectivity index (χ2n) is 3.58. The van der Waals surface area contributed by atoms with E-state index in [9.17, 15) is 4.79 Å². The molecule has 1 aromatic heterocycles. The first-order valence-corrected chi connectivity index (χ1v) is 7.59. The van der Waals surface area contributed by atoms with Crippen molar-refractivity contribution in [2.45, 2.75) is 17.6 Å². The van der Waals surface area contributed by atoms with Crippen LogP contribution in [0.2, 0.25) is 0 Å². The number of hydrogen-bond donors (Lipinski definition) is 0. The zero-order valence-electron chi connectivity index (χ0n) is 10.1. The summed E-state index contributed by atoms with van der Waals surface area (Å²) in [6.45, 7) is 2.24. The molecule has 0 aliphatic carbocycles. The molecule has 0 unspecified atom stereocenters. The minimum Gasteiger partial charge on any atom is -0.462 e. The van der Waals surface area contributed by atoms with E-state index in [4.69, 9.17) is 4.74 Å². The second-order valence-corrected chi connectivity index (χ2v) is 5.63. The van der Waals surface area contributed by atoms with Crippen LogP contribution in [-0.4, -0.2) is 12.6 Å². The highest BCUT2D eigenvalue weighted by molar-refractivity contribution is 7.98. The first kappa shape index (κ1) is 13.2. The van der Waals surface area contributed by atoms with Crippen molar-refractivity contribution in [3.63, 3.8) is 0 Å². The maximum atomic E-state index is 11.7. The fourth-order valence-corrected chi connectivity index (χ4v) is 3.41. The molecule has 0 atom stereocenters. The predicted molar refractivity (Wildman–Crippen MR) is 76.3 cm³/mol. The molecule has 0 aliphatic heterocycles. The van der Waals surface area contributed by atoms with Crippen LogP contribution in [-0.2, 0) is 10.5 Å². The van der Waals surface area contributed by atoms with Crippen molar-refractivity contribution in [3.05, 3.63) is 52.2 Å². The standard InChI is InChI=1S/C14H14O2S2/c1-2-16-14(15)12-8-9-17-13(12)10-18-11-6-4-3-5-7-11/h3-9H,2,10H2,1H3. The molecule has 1 heterocycles. The number of benzene rings is 1. The molecular weight excluding hydrogens is 264 g/mol. The van der Waals surface area contributed by atoms with E-state index < -0.39 is 0 Å². The summed E-state index contributed by atoms with van der Waals surface area (Å²) >= 11 is 3.33. The average Bonchev–Trinajstić information content (AvgIpc) is 2.86. The maximum absolute atomic E-state index is 11.7. The van der Waals surface area contributed by atoms with Crippen molar-refractivity contribution in [3.8, 4) is 0 Å². The van der Waals surface area contributed by atoms with Crippen LogP contribution in [0.3, 0.4) is 0 Å². The van der Waals surface area contributed by atoms with Gasteiger partial charge in [-0.2, -0.15) is 0 Å². The Morgan fingerprint density at radius 2 is 2.06 bits per heavy atom. The van der Waals surface area contributed by atoms with Gasteiger partial charge in [0.05, 0.1) is 12.2 Å². The Hall–Kier alpha value is -1.26. The Morgan fingerprint density at radius 1 is 1.28 bits per heavy atom. The molecule has 2 aromatic rings. The molecule has 0 amide bonds. The lowest BCUT2D eigenvalue weighted by Crippen LogP contribution is -2.05. The Bertz CT molecular complexity index is 506. The van der Waals surface area contributed by atoms with E-state index in [0.717, 1.165) is 10.6 Å². The van der Waals surface area contributed by atoms with Gasteiger partial charge < -0.3 is 4.74 Å². The molecule has 0 fully saturated rings. The Morgan fingerprint density at radius 3 is 2.78 bits per heavy atom. The van der Waals surface area contributed by atoms with Gasteiger partial charge in [0, 0.05) is 15.5 Å². The molecule has 0 saturated heterocycles. The van der Waals surface area contributed by atoms with Gasteiger partial charge >= 0.3 is 5.97 Å². The van der Waals surface area contributed by atoms with Gasteiger partial charge in [-0.1, -0.05) is 18.2 Å². The van der Waals surface area contributed by atoms with Crippen LogP contribution >= 0.6 is 23.1 Å². The van der Waals surface area contributed by atoms with Gasteiger partial charge in [-0.3, -0.25) is 0 Å². The van der Waals surface area contributed by atoms with Crippen LogP contribution in [0.5, 0.6) is 0 Å². The molecular formula is C14H14O2S2. The highest BCUT2D eigenvalue weighted by atomic mass is 32.2. The van der Waals surface area contributed by atoms with Crippen LogP contribution < -0.4 is 0 Å². The highest BCUT2D eigenvalue weighted by Gasteiger charge is 2.13. The summed E-state index contributed by atoms with van der Waals surface area (Å²) in [5, 5.41) is 1.94. The van der Waals surface area contributed by atoms with Gasteiger partial charge in [-0.15, -0.1) is 23.1 Å². The molecule has 4 heteroatoms. The van der Waals surface area contributed by atoms with Crippen LogP contribution in [0, 0.1) is 0 Å². The zero-order valence-corrected chi connectivity index (χ0v) is 11.7. The van der Waals surface area contributed by atoms with E-state index in [1.54, 1.807) is 23.1 Å². The van der Waals surface area contributed by atoms with E-state index in [1.807, 2.05) is 36.6 Å². The number of rotatable bonds is 5. The number of hydrogen-bond acceptors (Lipinski definition) is 4. The number of carbonyl (C=O) groups is 1. The van der Waals surface area contributed by atoms with Crippen molar-refractivity contribution in [2.24, 2.45) is 0 Å². The first-order valence-electron chi connectivity index (χ1n) is 5.72. The first-order chi connectivity index (χ1) is 8.81. The molecule has 0 aliphatic rings. The van der Waals surface area contributed by atoms with Crippen LogP contribution in [0.15, 0.2) is 46.7 Å². The molecule has 2 rings (SSSR count). The quantitative estimate of drug-likeness (QED) is 0.605. The Balaban J connectivity index is 2.02. The summed E-state index contributed by atoms with van der Waals surface area (Å²) in [5.74, 6) is 0.581. The second kappa shape index (κ2) is 6.61. The fraction of sp³-hybridized carbons (Fsp3) is 0.214. The van der Waals surface area contributed by atoms with Crippen LogP contribution in [0.1, 0.15) is 22.2 Å². The summed E-state index contributed by atoms with van der Waals surface area (Å²) in [6.07, 6.45) is 0.